The lowest BCUT2D eigenvalue weighted by atomic mass is 9.90. The van der Waals surface area contributed by atoms with E-state index in [-0.39, 0.29) is 11.2 Å². The van der Waals surface area contributed by atoms with Crippen LogP contribution in [0.15, 0.2) is 17.5 Å². The zero-order chi connectivity index (χ0) is 11.8. The highest BCUT2D eigenvalue weighted by Crippen LogP contribution is 2.28. The Morgan fingerprint density at radius 2 is 2.12 bits per heavy atom. The number of hydrogen-bond donors (Lipinski definition) is 0. The first kappa shape index (κ1) is 11.4. The van der Waals surface area contributed by atoms with Crippen LogP contribution in [0.4, 0.5) is 0 Å². The summed E-state index contributed by atoms with van der Waals surface area (Å²) in [5.74, 6) is 0.0370. The Morgan fingerprint density at radius 1 is 1.38 bits per heavy atom. The minimum atomic E-state index is -0.144. The Balaban J connectivity index is 2.43. The number of carbonyl (C=O) groups is 1. The molecule has 0 aliphatic carbocycles. The van der Waals surface area contributed by atoms with E-state index in [1.54, 1.807) is 0 Å². The van der Waals surface area contributed by atoms with Gasteiger partial charge in [-0.25, -0.2) is 0 Å². The van der Waals surface area contributed by atoms with E-state index in [1.165, 1.54) is 22.9 Å². The highest BCUT2D eigenvalue weighted by atomic mass is 32.1. The second kappa shape index (κ2) is 4.07. The minimum absolute atomic E-state index is 0.0370. The molecule has 0 aliphatic rings. The Bertz CT molecular complexity index is 494. The molecular formula is C11H12N2OS2. The van der Waals surface area contributed by atoms with Crippen LogP contribution in [0.5, 0.6) is 0 Å². The zero-order valence-electron chi connectivity index (χ0n) is 9.35. The normalized spacial score (nSPS) is 11.7. The second-order valence-electron chi connectivity index (χ2n) is 4.51. The SMILES string of the molecule is CC(C)(C)c1nnsc1C(=O)c1cccs1. The van der Waals surface area contributed by atoms with Crippen LogP contribution in [0.25, 0.3) is 0 Å². The number of hydrogen-bond acceptors (Lipinski definition) is 5. The van der Waals surface area contributed by atoms with E-state index in [0.717, 1.165) is 10.6 Å². The van der Waals surface area contributed by atoms with Crippen molar-refractivity contribution in [3.8, 4) is 0 Å². The summed E-state index contributed by atoms with van der Waals surface area (Å²) in [5, 5.41) is 5.97. The van der Waals surface area contributed by atoms with Crippen molar-refractivity contribution in [3.05, 3.63) is 33.0 Å². The van der Waals surface area contributed by atoms with Gasteiger partial charge in [-0.05, 0) is 23.0 Å². The first-order valence-corrected chi connectivity index (χ1v) is 6.56. The first-order chi connectivity index (χ1) is 7.50. The highest BCUT2D eigenvalue weighted by Gasteiger charge is 2.27. The third kappa shape index (κ3) is 2.05. The molecule has 0 saturated carbocycles. The molecule has 2 aromatic heterocycles. The molecule has 0 bridgehead atoms. The lowest BCUT2D eigenvalue weighted by Crippen LogP contribution is -2.16. The molecule has 16 heavy (non-hydrogen) atoms. The molecule has 2 heterocycles. The van der Waals surface area contributed by atoms with Gasteiger partial charge in [0, 0.05) is 5.41 Å². The number of nitrogens with zero attached hydrogens (tertiary/aromatic N) is 2. The van der Waals surface area contributed by atoms with Crippen molar-refractivity contribution in [2.75, 3.05) is 0 Å². The predicted molar refractivity (Wildman–Crippen MR) is 66.4 cm³/mol. The molecule has 0 N–H and O–H groups in total. The van der Waals surface area contributed by atoms with E-state index < -0.39 is 0 Å². The van der Waals surface area contributed by atoms with E-state index in [2.05, 4.69) is 9.59 Å². The maximum Gasteiger partial charge on any atom is 0.216 e. The average molecular weight is 252 g/mol. The lowest BCUT2D eigenvalue weighted by Gasteiger charge is -2.15. The smallest absolute Gasteiger partial charge is 0.216 e. The van der Waals surface area contributed by atoms with Gasteiger partial charge in [0.05, 0.1) is 10.6 Å². The van der Waals surface area contributed by atoms with Gasteiger partial charge < -0.3 is 0 Å². The molecular weight excluding hydrogens is 240 g/mol. The Kier molecular flexibility index (Phi) is 2.90. The summed E-state index contributed by atoms with van der Waals surface area (Å²) in [5.41, 5.74) is 0.644. The largest absolute Gasteiger partial charge is 0.287 e. The fourth-order valence-electron chi connectivity index (χ4n) is 1.35. The summed E-state index contributed by atoms with van der Waals surface area (Å²) in [4.78, 5) is 13.6. The van der Waals surface area contributed by atoms with Gasteiger partial charge in [-0.2, -0.15) is 0 Å². The number of ketones is 1. The lowest BCUT2D eigenvalue weighted by molar-refractivity contribution is 0.104. The summed E-state index contributed by atoms with van der Waals surface area (Å²) < 4.78 is 3.90. The van der Waals surface area contributed by atoms with Crippen molar-refractivity contribution in [2.45, 2.75) is 26.2 Å². The van der Waals surface area contributed by atoms with Crippen LogP contribution in [0.1, 0.15) is 41.0 Å². The van der Waals surface area contributed by atoms with E-state index in [1.807, 2.05) is 38.3 Å². The standard InChI is InChI=1S/C11H12N2OS2/c1-11(2,3)10-9(16-13-12-10)8(14)7-5-4-6-15-7/h4-6H,1-3H3. The maximum absolute atomic E-state index is 12.2. The summed E-state index contributed by atoms with van der Waals surface area (Å²) in [6.07, 6.45) is 0. The Hall–Kier alpha value is -1.07. The second-order valence-corrected chi connectivity index (χ2v) is 6.21. The average Bonchev–Trinajstić information content (AvgIpc) is 2.87. The van der Waals surface area contributed by atoms with E-state index in [4.69, 9.17) is 0 Å². The Morgan fingerprint density at radius 3 is 2.69 bits per heavy atom. The van der Waals surface area contributed by atoms with Crippen LogP contribution >= 0.6 is 22.9 Å². The number of carbonyl (C=O) groups excluding carboxylic acids is 1. The molecule has 0 radical (unpaired) electrons. The van der Waals surface area contributed by atoms with Crippen molar-refractivity contribution < 1.29 is 4.79 Å². The molecule has 84 valence electrons. The van der Waals surface area contributed by atoms with Gasteiger partial charge in [0.1, 0.15) is 4.88 Å². The number of rotatable bonds is 2. The number of aromatic nitrogens is 2. The van der Waals surface area contributed by atoms with Crippen molar-refractivity contribution in [2.24, 2.45) is 0 Å². The molecule has 0 amide bonds. The molecule has 0 aliphatic heterocycles. The summed E-state index contributed by atoms with van der Waals surface area (Å²) in [6, 6.07) is 3.71. The molecule has 2 rings (SSSR count). The third-order valence-electron chi connectivity index (χ3n) is 2.15. The van der Waals surface area contributed by atoms with Crippen LogP contribution in [0, 0.1) is 0 Å². The zero-order valence-corrected chi connectivity index (χ0v) is 11.0. The van der Waals surface area contributed by atoms with Gasteiger partial charge in [-0.3, -0.25) is 4.79 Å². The molecule has 0 unspecified atom stereocenters. The van der Waals surface area contributed by atoms with Crippen LogP contribution in [0.2, 0.25) is 0 Å². The molecule has 0 atom stereocenters. The van der Waals surface area contributed by atoms with Crippen LogP contribution < -0.4 is 0 Å². The fourth-order valence-corrected chi connectivity index (χ4v) is 2.92. The third-order valence-corrected chi connectivity index (χ3v) is 3.74. The molecule has 0 aromatic carbocycles. The monoisotopic (exact) mass is 252 g/mol. The molecule has 0 fully saturated rings. The predicted octanol–water partition coefficient (Wildman–Crippen LogP) is 3.13. The maximum atomic E-state index is 12.2. The molecule has 2 aromatic rings. The Labute approximate surface area is 102 Å². The summed E-state index contributed by atoms with van der Waals surface area (Å²) in [7, 11) is 0. The van der Waals surface area contributed by atoms with Crippen LogP contribution in [-0.4, -0.2) is 15.4 Å². The molecule has 3 nitrogen and oxygen atoms in total. The molecule has 5 heteroatoms. The van der Waals surface area contributed by atoms with E-state index in [0.29, 0.717) is 4.88 Å². The molecule has 0 saturated heterocycles. The highest BCUT2D eigenvalue weighted by molar-refractivity contribution is 7.14. The van der Waals surface area contributed by atoms with Gasteiger partial charge in [-0.15, -0.1) is 16.4 Å². The van der Waals surface area contributed by atoms with E-state index in [9.17, 15) is 4.79 Å². The van der Waals surface area contributed by atoms with Crippen molar-refractivity contribution in [1.82, 2.24) is 9.59 Å². The quantitative estimate of drug-likeness (QED) is 0.771. The van der Waals surface area contributed by atoms with Gasteiger partial charge in [0.2, 0.25) is 5.78 Å². The van der Waals surface area contributed by atoms with Gasteiger partial charge in [-0.1, -0.05) is 31.3 Å². The van der Waals surface area contributed by atoms with Gasteiger partial charge >= 0.3 is 0 Å². The topological polar surface area (TPSA) is 42.9 Å². The van der Waals surface area contributed by atoms with Crippen molar-refractivity contribution in [3.63, 3.8) is 0 Å². The van der Waals surface area contributed by atoms with Crippen molar-refractivity contribution >= 4 is 28.7 Å². The summed E-state index contributed by atoms with van der Waals surface area (Å²) >= 11 is 2.63. The number of thiophene rings is 1. The van der Waals surface area contributed by atoms with Crippen molar-refractivity contribution in [1.29, 1.82) is 0 Å². The van der Waals surface area contributed by atoms with Gasteiger partial charge in [0.25, 0.3) is 0 Å². The van der Waals surface area contributed by atoms with Gasteiger partial charge in [0.15, 0.2) is 0 Å². The molecule has 0 spiro atoms. The fraction of sp³-hybridized carbons (Fsp3) is 0.364. The first-order valence-electron chi connectivity index (χ1n) is 4.91. The minimum Gasteiger partial charge on any atom is -0.287 e. The van der Waals surface area contributed by atoms with E-state index >= 15 is 0 Å². The van der Waals surface area contributed by atoms with Crippen LogP contribution in [0.3, 0.4) is 0 Å². The summed E-state index contributed by atoms with van der Waals surface area (Å²) in [6.45, 7) is 6.11. The van der Waals surface area contributed by atoms with Crippen LogP contribution in [-0.2, 0) is 5.41 Å².